The van der Waals surface area contributed by atoms with E-state index in [1.807, 2.05) is 25.4 Å². The van der Waals surface area contributed by atoms with Crippen molar-refractivity contribution in [1.29, 1.82) is 0 Å². The second kappa shape index (κ2) is 4.87. The fraction of sp³-hybridized carbons (Fsp3) is 0.182. The first-order valence-corrected chi connectivity index (χ1v) is 7.08. The molecule has 0 aliphatic carbocycles. The summed E-state index contributed by atoms with van der Waals surface area (Å²) in [6.07, 6.45) is 3.52. The smallest absolute Gasteiger partial charge is 0.248 e. The van der Waals surface area contributed by atoms with E-state index in [1.165, 1.54) is 0 Å². The van der Waals surface area contributed by atoms with Crippen LogP contribution in [0.5, 0.6) is 0 Å². The molecule has 3 aromatic rings. The average Bonchev–Trinajstić information content (AvgIpc) is 3.07. The van der Waals surface area contributed by atoms with Gasteiger partial charge >= 0.3 is 0 Å². The molecule has 0 spiro atoms. The highest BCUT2D eigenvalue weighted by Crippen LogP contribution is 2.30. The van der Waals surface area contributed by atoms with Crippen molar-refractivity contribution in [1.82, 2.24) is 19.9 Å². The number of nitrogens with two attached hydrogens (primary N) is 1. The normalized spacial score (nSPS) is 12.8. The summed E-state index contributed by atoms with van der Waals surface area (Å²) < 4.78 is 7.92. The minimum absolute atomic E-state index is 0.382. The lowest BCUT2D eigenvalue weighted by Crippen LogP contribution is -2.11. The molecule has 0 fully saturated rings. The molecule has 0 aliphatic rings. The van der Waals surface area contributed by atoms with Crippen molar-refractivity contribution in [3.05, 3.63) is 39.8 Å². The molecular formula is C11H10BrN5OS. The van der Waals surface area contributed by atoms with E-state index in [9.17, 15) is 0 Å². The molecule has 0 aromatic carbocycles. The lowest BCUT2D eigenvalue weighted by atomic mass is 10.2. The Bertz CT molecular complexity index is 703. The molecule has 3 rings (SSSR count). The first-order valence-electron chi connectivity index (χ1n) is 5.47. The van der Waals surface area contributed by atoms with Crippen LogP contribution in [0, 0.1) is 0 Å². The van der Waals surface area contributed by atoms with Gasteiger partial charge in [0.05, 0.1) is 14.9 Å². The van der Waals surface area contributed by atoms with Gasteiger partial charge in [-0.25, -0.2) is 0 Å². The molecule has 1 atom stereocenters. The van der Waals surface area contributed by atoms with Gasteiger partial charge in [0.15, 0.2) is 0 Å². The number of aromatic nitrogens is 4. The van der Waals surface area contributed by atoms with E-state index < -0.39 is 6.04 Å². The fourth-order valence-electron chi connectivity index (χ4n) is 1.64. The van der Waals surface area contributed by atoms with Gasteiger partial charge in [-0.3, -0.25) is 4.68 Å². The predicted octanol–water partition coefficient (Wildman–Crippen LogP) is 2.34. The Hall–Kier alpha value is -1.51. The quantitative estimate of drug-likeness (QED) is 0.791. The van der Waals surface area contributed by atoms with Crippen molar-refractivity contribution < 1.29 is 4.52 Å². The molecule has 0 radical (unpaired) electrons. The van der Waals surface area contributed by atoms with Crippen LogP contribution in [0.3, 0.4) is 0 Å². The summed E-state index contributed by atoms with van der Waals surface area (Å²) in [6.45, 7) is 0. The van der Waals surface area contributed by atoms with E-state index in [0.717, 1.165) is 14.2 Å². The number of hydrogen-bond donors (Lipinski definition) is 1. The Morgan fingerprint density at radius 1 is 1.47 bits per heavy atom. The van der Waals surface area contributed by atoms with Crippen LogP contribution in [0.2, 0.25) is 0 Å². The summed E-state index contributed by atoms with van der Waals surface area (Å²) in [4.78, 5) is 5.26. The Labute approximate surface area is 121 Å². The second-order valence-electron chi connectivity index (χ2n) is 3.98. The van der Waals surface area contributed by atoms with Gasteiger partial charge in [-0.1, -0.05) is 5.16 Å². The highest BCUT2D eigenvalue weighted by atomic mass is 79.9. The Balaban J connectivity index is 1.89. The SMILES string of the molecule is Cn1cc(C(N)c2nc(-c3ccc(Br)s3)no2)cn1. The van der Waals surface area contributed by atoms with E-state index >= 15 is 0 Å². The third kappa shape index (κ3) is 2.46. The van der Waals surface area contributed by atoms with Crippen LogP contribution in [-0.2, 0) is 7.05 Å². The van der Waals surface area contributed by atoms with E-state index in [-0.39, 0.29) is 0 Å². The molecule has 1 unspecified atom stereocenters. The zero-order valence-electron chi connectivity index (χ0n) is 9.95. The second-order valence-corrected chi connectivity index (χ2v) is 6.45. The largest absolute Gasteiger partial charge is 0.337 e. The molecule has 0 saturated heterocycles. The number of nitrogens with zero attached hydrogens (tertiary/aromatic N) is 4. The van der Waals surface area contributed by atoms with Crippen molar-refractivity contribution >= 4 is 27.3 Å². The third-order valence-electron chi connectivity index (χ3n) is 2.59. The third-order valence-corrected chi connectivity index (χ3v) is 4.20. The van der Waals surface area contributed by atoms with Crippen LogP contribution in [0.4, 0.5) is 0 Å². The van der Waals surface area contributed by atoms with E-state index in [2.05, 4.69) is 31.2 Å². The maximum atomic E-state index is 6.07. The van der Waals surface area contributed by atoms with Crippen molar-refractivity contribution in [3.8, 4) is 10.7 Å². The van der Waals surface area contributed by atoms with E-state index in [1.54, 1.807) is 22.2 Å². The zero-order chi connectivity index (χ0) is 13.4. The minimum atomic E-state index is -0.460. The molecular weight excluding hydrogens is 330 g/mol. The van der Waals surface area contributed by atoms with Crippen LogP contribution in [0.1, 0.15) is 17.5 Å². The van der Waals surface area contributed by atoms with Crippen LogP contribution < -0.4 is 5.73 Å². The van der Waals surface area contributed by atoms with Crippen LogP contribution in [0.15, 0.2) is 32.8 Å². The van der Waals surface area contributed by atoms with Gasteiger partial charge in [0.1, 0.15) is 6.04 Å². The first-order chi connectivity index (χ1) is 9.13. The molecule has 6 nitrogen and oxygen atoms in total. The summed E-state index contributed by atoms with van der Waals surface area (Å²) in [5.41, 5.74) is 6.91. The molecule has 3 heterocycles. The highest BCUT2D eigenvalue weighted by Gasteiger charge is 2.19. The van der Waals surface area contributed by atoms with Crippen LogP contribution >= 0.6 is 27.3 Å². The van der Waals surface area contributed by atoms with Crippen molar-refractivity contribution in [2.45, 2.75) is 6.04 Å². The molecule has 19 heavy (non-hydrogen) atoms. The van der Waals surface area contributed by atoms with Gasteiger partial charge in [0, 0.05) is 18.8 Å². The topological polar surface area (TPSA) is 82.8 Å². The van der Waals surface area contributed by atoms with Crippen molar-refractivity contribution in [2.24, 2.45) is 12.8 Å². The fourth-order valence-corrected chi connectivity index (χ4v) is 2.95. The molecule has 98 valence electrons. The molecule has 0 amide bonds. The maximum absolute atomic E-state index is 6.07. The Kier molecular flexibility index (Phi) is 3.21. The molecule has 8 heteroatoms. The summed E-state index contributed by atoms with van der Waals surface area (Å²) >= 11 is 4.94. The van der Waals surface area contributed by atoms with Gasteiger partial charge in [0.25, 0.3) is 0 Å². The number of hydrogen-bond acceptors (Lipinski definition) is 6. The van der Waals surface area contributed by atoms with Gasteiger partial charge < -0.3 is 10.3 Å². The molecule has 0 saturated carbocycles. The van der Waals surface area contributed by atoms with Crippen molar-refractivity contribution in [2.75, 3.05) is 0 Å². The highest BCUT2D eigenvalue weighted by molar-refractivity contribution is 9.11. The number of aryl methyl sites for hydroxylation is 1. The first kappa shape index (κ1) is 12.5. The monoisotopic (exact) mass is 339 g/mol. The zero-order valence-corrected chi connectivity index (χ0v) is 12.3. The summed E-state index contributed by atoms with van der Waals surface area (Å²) in [7, 11) is 1.83. The lowest BCUT2D eigenvalue weighted by molar-refractivity contribution is 0.367. The molecule has 2 N–H and O–H groups in total. The number of halogens is 1. The van der Waals surface area contributed by atoms with Crippen LogP contribution in [0.25, 0.3) is 10.7 Å². The molecule has 0 bridgehead atoms. The Morgan fingerprint density at radius 3 is 2.95 bits per heavy atom. The van der Waals surface area contributed by atoms with Crippen molar-refractivity contribution in [3.63, 3.8) is 0 Å². The van der Waals surface area contributed by atoms with E-state index in [4.69, 9.17) is 10.3 Å². The molecule has 3 aromatic heterocycles. The van der Waals surface area contributed by atoms with Gasteiger partial charge in [-0.15, -0.1) is 11.3 Å². The Morgan fingerprint density at radius 2 is 2.32 bits per heavy atom. The molecule has 0 aliphatic heterocycles. The van der Waals surface area contributed by atoms with Gasteiger partial charge in [-0.2, -0.15) is 10.1 Å². The van der Waals surface area contributed by atoms with Gasteiger partial charge in [0.2, 0.25) is 11.7 Å². The van der Waals surface area contributed by atoms with E-state index in [0.29, 0.717) is 11.7 Å². The predicted molar refractivity (Wildman–Crippen MR) is 74.5 cm³/mol. The average molecular weight is 340 g/mol. The summed E-state index contributed by atoms with van der Waals surface area (Å²) in [6, 6.07) is 3.41. The van der Waals surface area contributed by atoms with Gasteiger partial charge in [-0.05, 0) is 28.1 Å². The number of thiophene rings is 1. The summed E-state index contributed by atoms with van der Waals surface area (Å²) in [5, 5.41) is 8.02. The maximum Gasteiger partial charge on any atom is 0.248 e. The minimum Gasteiger partial charge on any atom is -0.337 e. The number of rotatable bonds is 3. The summed E-state index contributed by atoms with van der Waals surface area (Å²) in [5.74, 6) is 0.928. The lowest BCUT2D eigenvalue weighted by Gasteiger charge is -2.01. The standard InChI is InChI=1S/C11H10BrN5OS/c1-17-5-6(4-14-17)9(13)11-15-10(16-18-11)7-2-3-8(12)19-7/h2-5,9H,13H2,1H3. The van der Waals surface area contributed by atoms with Crippen LogP contribution in [-0.4, -0.2) is 19.9 Å².